The summed E-state index contributed by atoms with van der Waals surface area (Å²) in [6.45, 7) is 1.87. The molecule has 39 heavy (non-hydrogen) atoms. The van der Waals surface area contributed by atoms with Crippen molar-refractivity contribution in [3.63, 3.8) is 0 Å². The van der Waals surface area contributed by atoms with Crippen LogP contribution in [0.4, 0.5) is 13.2 Å². The first-order chi connectivity index (χ1) is 18.3. The monoisotopic (exact) mass is 600 g/mol. The first kappa shape index (κ1) is 30.2. The Kier molecular flexibility index (Phi) is 10.1. The maximum Gasteiger partial charge on any atom is 0.573 e. The molecule has 0 spiro atoms. The summed E-state index contributed by atoms with van der Waals surface area (Å²) in [4.78, 5) is 24.2. The third kappa shape index (κ3) is 9.39. The zero-order valence-corrected chi connectivity index (χ0v) is 22.6. The van der Waals surface area contributed by atoms with Gasteiger partial charge in [-0.3, -0.25) is 9.59 Å². The fraction of sp³-hybridized carbons (Fsp3) is 0.192. The molecule has 0 aliphatic heterocycles. The Hall–Kier alpha value is -3.38. The van der Waals surface area contributed by atoms with Crippen molar-refractivity contribution >= 4 is 57.8 Å². The molecule has 0 fully saturated rings. The van der Waals surface area contributed by atoms with Crippen molar-refractivity contribution in [1.29, 1.82) is 5.41 Å². The molecule has 1 unspecified atom stereocenters. The van der Waals surface area contributed by atoms with Crippen molar-refractivity contribution in [1.82, 2.24) is 5.32 Å². The molecule has 1 amide bonds. The van der Waals surface area contributed by atoms with E-state index in [1.165, 1.54) is 41.7 Å². The number of carboxylic acids is 1. The lowest BCUT2D eigenvalue weighted by Gasteiger charge is -2.14. The number of hydrogen-bond donors (Lipinski definition) is 4. The third-order valence-corrected chi connectivity index (χ3v) is 6.97. The van der Waals surface area contributed by atoms with Gasteiger partial charge in [-0.1, -0.05) is 23.2 Å². The number of alkyl halides is 3. The van der Waals surface area contributed by atoms with Crippen LogP contribution in [0.5, 0.6) is 5.75 Å². The van der Waals surface area contributed by atoms with Crippen LogP contribution in [-0.2, 0) is 4.79 Å². The van der Waals surface area contributed by atoms with E-state index >= 15 is 0 Å². The van der Waals surface area contributed by atoms with Gasteiger partial charge >= 0.3 is 12.3 Å². The number of hydrogen-bond acceptors (Lipinski definition) is 5. The van der Waals surface area contributed by atoms with Gasteiger partial charge in [0.1, 0.15) is 17.5 Å². The Morgan fingerprint density at radius 1 is 1.10 bits per heavy atom. The standard InChI is InChI=1S/C26H22Cl2F3N3O4S/c1-14(22-6-7-23(39-22)25(37)33-9-8-24(35)36)34-21(13-20(32)16-10-17(27)12-18(28)11-16)15-2-4-19(5-3-15)38-26(29,30)31/h2-7,10-14,32,34H,8-9H2,1H3,(H,33,37)(H,35,36)/p+1/b21-13-,32-20?. The van der Waals surface area contributed by atoms with E-state index in [-0.39, 0.29) is 30.5 Å². The average Bonchev–Trinajstić information content (AvgIpc) is 3.33. The summed E-state index contributed by atoms with van der Waals surface area (Å²) in [7, 11) is 0. The van der Waals surface area contributed by atoms with Crippen LogP contribution in [0, 0.1) is 5.41 Å². The molecule has 13 heteroatoms. The molecule has 2 aromatic carbocycles. The first-order valence-corrected chi connectivity index (χ1v) is 13.0. The van der Waals surface area contributed by atoms with Crippen LogP contribution in [0.3, 0.4) is 0 Å². The number of nitrogens with one attached hydrogen (secondary N) is 2. The number of rotatable bonds is 11. The van der Waals surface area contributed by atoms with Crippen LogP contribution in [0.1, 0.15) is 45.1 Å². The van der Waals surface area contributed by atoms with Crippen LogP contribution >= 0.6 is 34.5 Å². The summed E-state index contributed by atoms with van der Waals surface area (Å²) in [5, 5.41) is 22.4. The Bertz CT molecular complexity index is 1370. The summed E-state index contributed by atoms with van der Waals surface area (Å²) in [5.74, 6) is -1.80. The van der Waals surface area contributed by atoms with Gasteiger partial charge in [-0.05, 0) is 61.5 Å². The minimum Gasteiger partial charge on any atom is -0.481 e. The minimum atomic E-state index is -4.83. The second kappa shape index (κ2) is 13.1. The zero-order chi connectivity index (χ0) is 28.7. The lowest BCUT2D eigenvalue weighted by atomic mass is 10.0. The zero-order valence-electron chi connectivity index (χ0n) is 20.3. The molecule has 0 aliphatic carbocycles. The molecular formula is C26H23Cl2F3N3O4S+. The van der Waals surface area contributed by atoms with E-state index in [1.807, 2.05) is 12.2 Å². The summed E-state index contributed by atoms with van der Waals surface area (Å²) in [5.41, 5.74) is 1.57. The molecule has 3 aromatic rings. The molecule has 7 nitrogen and oxygen atoms in total. The number of aliphatic carboxylic acids is 1. The van der Waals surface area contributed by atoms with E-state index in [0.29, 0.717) is 31.7 Å². The fourth-order valence-corrected chi connectivity index (χ4v) is 4.94. The number of ether oxygens (including phenoxy) is 1. The summed E-state index contributed by atoms with van der Waals surface area (Å²) in [6, 6.07) is 13.1. The summed E-state index contributed by atoms with van der Waals surface area (Å²) < 4.78 is 41.8. The van der Waals surface area contributed by atoms with E-state index in [1.54, 1.807) is 30.3 Å². The Labute approximate surface area is 235 Å². The quantitative estimate of drug-likeness (QED) is 0.205. The number of amides is 1. The number of benzene rings is 2. The lowest BCUT2D eigenvalue weighted by Crippen LogP contribution is -2.81. The van der Waals surface area contributed by atoms with Crippen molar-refractivity contribution in [2.24, 2.45) is 0 Å². The smallest absolute Gasteiger partial charge is 0.481 e. The van der Waals surface area contributed by atoms with Crippen LogP contribution < -0.4 is 15.4 Å². The van der Waals surface area contributed by atoms with Gasteiger partial charge < -0.3 is 25.9 Å². The fourth-order valence-electron chi connectivity index (χ4n) is 3.47. The van der Waals surface area contributed by atoms with Gasteiger partial charge in [0.25, 0.3) is 5.91 Å². The number of halogens is 5. The minimum absolute atomic E-state index is 0.000354. The van der Waals surface area contributed by atoms with Crippen LogP contribution in [0.15, 0.2) is 60.7 Å². The van der Waals surface area contributed by atoms with Gasteiger partial charge in [-0.2, -0.15) is 0 Å². The highest BCUT2D eigenvalue weighted by Gasteiger charge is 2.31. The Morgan fingerprint density at radius 3 is 2.33 bits per heavy atom. The molecular weight excluding hydrogens is 578 g/mol. The molecule has 1 heterocycles. The molecule has 0 saturated heterocycles. The number of carbonyl (C=O) groups is 2. The van der Waals surface area contributed by atoms with Gasteiger partial charge in [0.15, 0.2) is 0 Å². The van der Waals surface area contributed by atoms with Crippen LogP contribution in [0.25, 0.3) is 5.70 Å². The number of thiophene rings is 1. The third-order valence-electron chi connectivity index (χ3n) is 5.25. The molecule has 0 radical (unpaired) electrons. The topological polar surface area (TPSA) is 116 Å². The van der Waals surface area contributed by atoms with Crippen molar-refractivity contribution in [2.75, 3.05) is 6.54 Å². The SMILES string of the molecule is CC([NH2+]/C(=C\C(=N)c1cc(Cl)cc(Cl)c1)c1ccc(OC(F)(F)F)cc1)c1ccc(C(=O)NCCC(=O)O)s1. The van der Waals surface area contributed by atoms with Gasteiger partial charge in [0.05, 0.1) is 21.9 Å². The van der Waals surface area contributed by atoms with Crippen molar-refractivity contribution in [3.05, 3.63) is 91.6 Å². The van der Waals surface area contributed by atoms with E-state index in [2.05, 4.69) is 10.1 Å². The second-order valence-electron chi connectivity index (χ2n) is 8.30. The van der Waals surface area contributed by atoms with E-state index in [9.17, 15) is 22.8 Å². The molecule has 1 atom stereocenters. The molecule has 0 saturated carbocycles. The normalized spacial score (nSPS) is 12.6. The van der Waals surface area contributed by atoms with Crippen molar-refractivity contribution < 1.29 is 37.9 Å². The molecule has 0 bridgehead atoms. The molecule has 0 aliphatic rings. The van der Waals surface area contributed by atoms with Gasteiger partial charge in [0.2, 0.25) is 0 Å². The molecule has 1 aromatic heterocycles. The van der Waals surface area contributed by atoms with E-state index < -0.39 is 18.2 Å². The Balaban J connectivity index is 1.87. The van der Waals surface area contributed by atoms with Crippen LogP contribution in [-0.4, -0.2) is 35.6 Å². The van der Waals surface area contributed by atoms with Gasteiger partial charge in [-0.15, -0.1) is 24.5 Å². The second-order valence-corrected chi connectivity index (χ2v) is 10.3. The van der Waals surface area contributed by atoms with Gasteiger partial charge in [0, 0.05) is 33.8 Å². The maximum atomic E-state index is 12.6. The predicted octanol–water partition coefficient (Wildman–Crippen LogP) is 5.89. The number of carbonyl (C=O) groups excluding carboxylic acids is 1. The molecule has 206 valence electrons. The maximum absolute atomic E-state index is 12.6. The highest BCUT2D eigenvalue weighted by molar-refractivity contribution is 7.14. The molecule has 5 N–H and O–H groups in total. The van der Waals surface area contributed by atoms with E-state index in [0.717, 1.165) is 4.88 Å². The highest BCUT2D eigenvalue weighted by Crippen LogP contribution is 2.26. The number of nitrogens with two attached hydrogens (primary N) is 1. The number of quaternary nitrogens is 1. The highest BCUT2D eigenvalue weighted by atomic mass is 35.5. The average molecular weight is 601 g/mol. The van der Waals surface area contributed by atoms with Gasteiger partial charge in [-0.25, -0.2) is 0 Å². The van der Waals surface area contributed by atoms with Crippen molar-refractivity contribution in [3.8, 4) is 5.75 Å². The predicted molar refractivity (Wildman–Crippen MR) is 144 cm³/mol. The Morgan fingerprint density at radius 2 is 1.74 bits per heavy atom. The lowest BCUT2D eigenvalue weighted by molar-refractivity contribution is -0.605. The van der Waals surface area contributed by atoms with Crippen LogP contribution in [0.2, 0.25) is 10.0 Å². The summed E-state index contributed by atoms with van der Waals surface area (Å²) in [6.07, 6.45) is -3.48. The largest absolute Gasteiger partial charge is 0.573 e. The van der Waals surface area contributed by atoms with E-state index in [4.69, 9.17) is 33.7 Å². The number of allylic oxidation sites excluding steroid dienone is 1. The molecule has 3 rings (SSSR count). The van der Waals surface area contributed by atoms with Crippen molar-refractivity contribution in [2.45, 2.75) is 25.7 Å². The summed E-state index contributed by atoms with van der Waals surface area (Å²) >= 11 is 13.4. The first-order valence-electron chi connectivity index (χ1n) is 11.4. The number of carboxylic acid groups (broad SMARTS) is 1.